The highest BCUT2D eigenvalue weighted by Gasteiger charge is 2.17. The van der Waals surface area contributed by atoms with Gasteiger partial charge < -0.3 is 5.32 Å². The molecule has 0 aliphatic heterocycles. The summed E-state index contributed by atoms with van der Waals surface area (Å²) in [4.78, 5) is 12.4. The Morgan fingerprint density at radius 1 is 1.19 bits per heavy atom. The third kappa shape index (κ3) is 3.73. The van der Waals surface area contributed by atoms with Gasteiger partial charge in [-0.2, -0.15) is 0 Å². The van der Waals surface area contributed by atoms with Crippen molar-refractivity contribution in [1.29, 1.82) is 0 Å². The average molecular weight is 308 g/mol. The zero-order valence-electron chi connectivity index (χ0n) is 12.2. The fourth-order valence-electron chi connectivity index (χ4n) is 2.45. The van der Waals surface area contributed by atoms with Crippen molar-refractivity contribution >= 4 is 28.3 Å². The predicted octanol–water partition coefficient (Wildman–Crippen LogP) is 4.36. The molecule has 1 unspecified atom stereocenters. The highest BCUT2D eigenvalue weighted by molar-refractivity contribution is 6.18. The van der Waals surface area contributed by atoms with E-state index in [-0.39, 0.29) is 17.8 Å². The molecular weight excluding hydrogens is 289 g/mol. The molecule has 2 rings (SSSR count). The van der Waals surface area contributed by atoms with Crippen LogP contribution in [0.4, 0.5) is 4.39 Å². The first kappa shape index (κ1) is 15.8. The number of carbonyl (C=O) groups is 1. The van der Waals surface area contributed by atoms with Crippen molar-refractivity contribution in [3.8, 4) is 0 Å². The van der Waals surface area contributed by atoms with Crippen LogP contribution in [0.2, 0.25) is 0 Å². The molecule has 1 atom stereocenters. The Balaban J connectivity index is 2.29. The Morgan fingerprint density at radius 3 is 2.48 bits per heavy atom. The van der Waals surface area contributed by atoms with Gasteiger partial charge in [0.05, 0.1) is 0 Å². The van der Waals surface area contributed by atoms with Crippen LogP contribution in [-0.2, 0) is 0 Å². The second-order valence-electron chi connectivity index (χ2n) is 5.59. The maximum atomic E-state index is 13.8. The predicted molar refractivity (Wildman–Crippen MR) is 85.3 cm³/mol. The number of fused-ring (bicyclic) bond motifs is 1. The Morgan fingerprint density at radius 2 is 1.86 bits per heavy atom. The number of benzene rings is 2. The molecule has 0 aliphatic rings. The van der Waals surface area contributed by atoms with Gasteiger partial charge in [0.2, 0.25) is 0 Å². The smallest absolute Gasteiger partial charge is 0.252 e. The SMILES string of the molecule is CC(C)CC(CCl)NC(=O)c1ccc(F)c2ccccc12. The summed E-state index contributed by atoms with van der Waals surface area (Å²) in [5, 5.41) is 4.01. The van der Waals surface area contributed by atoms with Gasteiger partial charge in [-0.15, -0.1) is 11.6 Å². The van der Waals surface area contributed by atoms with Gasteiger partial charge in [0.15, 0.2) is 0 Å². The van der Waals surface area contributed by atoms with Gasteiger partial charge in [-0.3, -0.25) is 4.79 Å². The summed E-state index contributed by atoms with van der Waals surface area (Å²) < 4.78 is 13.8. The van der Waals surface area contributed by atoms with Crippen LogP contribution in [0.25, 0.3) is 10.8 Å². The lowest BCUT2D eigenvalue weighted by Crippen LogP contribution is -2.37. The Kier molecular flexibility index (Phi) is 5.18. The molecule has 0 fully saturated rings. The summed E-state index contributed by atoms with van der Waals surface area (Å²) in [6.45, 7) is 4.16. The van der Waals surface area contributed by atoms with Gasteiger partial charge in [-0.05, 0) is 29.9 Å². The van der Waals surface area contributed by atoms with Gasteiger partial charge in [0.1, 0.15) is 5.82 Å². The summed E-state index contributed by atoms with van der Waals surface area (Å²) in [7, 11) is 0. The van der Waals surface area contributed by atoms with Gasteiger partial charge in [-0.25, -0.2) is 4.39 Å². The number of hydrogen-bond acceptors (Lipinski definition) is 1. The van der Waals surface area contributed by atoms with Gasteiger partial charge in [-0.1, -0.05) is 38.1 Å². The number of carbonyl (C=O) groups excluding carboxylic acids is 1. The minimum Gasteiger partial charge on any atom is -0.348 e. The maximum absolute atomic E-state index is 13.8. The molecule has 0 radical (unpaired) electrons. The quantitative estimate of drug-likeness (QED) is 0.817. The highest BCUT2D eigenvalue weighted by Crippen LogP contribution is 2.22. The van der Waals surface area contributed by atoms with Gasteiger partial charge in [0, 0.05) is 22.9 Å². The van der Waals surface area contributed by atoms with Crippen LogP contribution in [0.1, 0.15) is 30.6 Å². The van der Waals surface area contributed by atoms with E-state index in [1.807, 2.05) is 0 Å². The van der Waals surface area contributed by atoms with E-state index in [1.165, 1.54) is 12.1 Å². The van der Waals surface area contributed by atoms with E-state index >= 15 is 0 Å². The number of alkyl halides is 1. The molecule has 0 aliphatic carbocycles. The highest BCUT2D eigenvalue weighted by atomic mass is 35.5. The van der Waals surface area contributed by atoms with Gasteiger partial charge >= 0.3 is 0 Å². The van der Waals surface area contributed by atoms with Crippen molar-refractivity contribution < 1.29 is 9.18 Å². The molecule has 0 bridgehead atoms. The molecule has 0 saturated carbocycles. The number of rotatable bonds is 5. The van der Waals surface area contributed by atoms with E-state index in [9.17, 15) is 9.18 Å². The second-order valence-corrected chi connectivity index (χ2v) is 5.90. The maximum Gasteiger partial charge on any atom is 0.252 e. The molecule has 2 aromatic carbocycles. The summed E-state index contributed by atoms with van der Waals surface area (Å²) in [6.07, 6.45) is 0.814. The normalized spacial score (nSPS) is 12.6. The summed E-state index contributed by atoms with van der Waals surface area (Å²) in [5.41, 5.74) is 0.478. The molecule has 0 spiro atoms. The third-order valence-electron chi connectivity index (χ3n) is 3.39. The lowest BCUT2D eigenvalue weighted by molar-refractivity contribution is 0.0938. The fourth-order valence-corrected chi connectivity index (χ4v) is 2.66. The number of hydrogen-bond donors (Lipinski definition) is 1. The van der Waals surface area contributed by atoms with Crippen LogP contribution >= 0.6 is 11.6 Å². The van der Waals surface area contributed by atoms with Crippen molar-refractivity contribution in [2.75, 3.05) is 5.88 Å². The number of halogens is 2. The molecule has 1 amide bonds. The van der Waals surface area contributed by atoms with Crippen LogP contribution in [0, 0.1) is 11.7 Å². The van der Waals surface area contributed by atoms with Crippen molar-refractivity contribution in [1.82, 2.24) is 5.32 Å². The number of amides is 1. The number of nitrogens with one attached hydrogen (secondary N) is 1. The van der Waals surface area contributed by atoms with Crippen molar-refractivity contribution in [3.63, 3.8) is 0 Å². The Labute approximate surface area is 129 Å². The minimum atomic E-state index is -0.321. The third-order valence-corrected chi connectivity index (χ3v) is 3.77. The Bertz CT molecular complexity index is 642. The molecule has 2 nitrogen and oxygen atoms in total. The van der Waals surface area contributed by atoms with E-state index in [1.54, 1.807) is 24.3 Å². The molecule has 0 saturated heterocycles. The second kappa shape index (κ2) is 6.90. The van der Waals surface area contributed by atoms with Crippen molar-refractivity contribution in [3.05, 3.63) is 47.8 Å². The van der Waals surface area contributed by atoms with Gasteiger partial charge in [0.25, 0.3) is 5.91 Å². The summed E-state index contributed by atoms with van der Waals surface area (Å²) in [5.74, 6) is 0.276. The lowest BCUT2D eigenvalue weighted by Gasteiger charge is -2.18. The first-order valence-electron chi connectivity index (χ1n) is 7.07. The van der Waals surface area contributed by atoms with Crippen molar-refractivity contribution in [2.45, 2.75) is 26.3 Å². The van der Waals surface area contributed by atoms with Crippen LogP contribution in [-0.4, -0.2) is 17.8 Å². The molecule has 0 heterocycles. The van der Waals surface area contributed by atoms with E-state index < -0.39 is 0 Å². The largest absolute Gasteiger partial charge is 0.348 e. The molecule has 2 aromatic rings. The van der Waals surface area contributed by atoms with Crippen LogP contribution < -0.4 is 5.32 Å². The molecule has 1 N–H and O–H groups in total. The first-order valence-corrected chi connectivity index (χ1v) is 7.60. The van der Waals surface area contributed by atoms with Crippen LogP contribution in [0.15, 0.2) is 36.4 Å². The zero-order valence-corrected chi connectivity index (χ0v) is 13.0. The van der Waals surface area contributed by atoms with E-state index in [0.29, 0.717) is 28.1 Å². The first-order chi connectivity index (χ1) is 10.0. The van der Waals surface area contributed by atoms with Crippen molar-refractivity contribution in [2.24, 2.45) is 5.92 Å². The van der Waals surface area contributed by atoms with E-state index in [0.717, 1.165) is 6.42 Å². The van der Waals surface area contributed by atoms with Crippen LogP contribution in [0.5, 0.6) is 0 Å². The average Bonchev–Trinajstić information content (AvgIpc) is 2.46. The summed E-state index contributed by atoms with van der Waals surface area (Å²) in [6, 6.07) is 9.76. The molecule has 4 heteroatoms. The Hall–Kier alpha value is -1.61. The minimum absolute atomic E-state index is 0.0806. The van der Waals surface area contributed by atoms with E-state index in [2.05, 4.69) is 19.2 Å². The zero-order chi connectivity index (χ0) is 15.4. The molecule has 21 heavy (non-hydrogen) atoms. The molecule has 112 valence electrons. The lowest BCUT2D eigenvalue weighted by atomic mass is 10.0. The molecular formula is C17H19ClFNO. The molecule has 0 aromatic heterocycles. The topological polar surface area (TPSA) is 29.1 Å². The fraction of sp³-hybridized carbons (Fsp3) is 0.353. The monoisotopic (exact) mass is 307 g/mol. The summed E-state index contributed by atoms with van der Waals surface area (Å²) >= 11 is 5.91. The standard InChI is InChI=1S/C17H19ClFNO/c1-11(2)9-12(10-18)20-17(21)15-7-8-16(19)14-6-4-3-5-13(14)15/h3-8,11-12H,9-10H2,1-2H3,(H,20,21). The van der Waals surface area contributed by atoms with Crippen LogP contribution in [0.3, 0.4) is 0 Å². The van der Waals surface area contributed by atoms with E-state index in [4.69, 9.17) is 11.6 Å².